The Bertz CT molecular complexity index is 1130. The number of carbonyl (C=O) groups excluding carboxylic acids is 1. The van der Waals surface area contributed by atoms with E-state index in [1.54, 1.807) is 0 Å². The fraction of sp³-hybridized carbons (Fsp3) is 0.517. The Morgan fingerprint density at radius 2 is 1.86 bits per heavy atom. The van der Waals surface area contributed by atoms with Crippen LogP contribution >= 0.6 is 0 Å². The first-order valence-electron chi connectivity index (χ1n) is 12.9. The Hall–Kier alpha value is -2.70. The molecule has 6 heteroatoms. The molecule has 2 aromatic carbocycles. The van der Waals surface area contributed by atoms with E-state index in [0.717, 1.165) is 63.1 Å². The summed E-state index contributed by atoms with van der Waals surface area (Å²) in [6, 6.07) is 16.8. The molecule has 0 unspecified atom stereocenters. The third-order valence-electron chi connectivity index (χ3n) is 7.36. The van der Waals surface area contributed by atoms with Gasteiger partial charge in [0, 0.05) is 25.6 Å². The van der Waals surface area contributed by atoms with Crippen molar-refractivity contribution in [2.45, 2.75) is 57.9 Å². The van der Waals surface area contributed by atoms with Gasteiger partial charge in [-0.25, -0.2) is 4.98 Å². The van der Waals surface area contributed by atoms with Crippen LogP contribution in [0.25, 0.3) is 11.0 Å². The lowest BCUT2D eigenvalue weighted by atomic mass is 9.83. The number of imidazole rings is 1. The Kier molecular flexibility index (Phi) is 8.24. The fourth-order valence-electron chi connectivity index (χ4n) is 5.13. The van der Waals surface area contributed by atoms with E-state index in [0.29, 0.717) is 12.5 Å². The number of fused-ring (bicyclic) bond motifs is 1. The predicted octanol–water partition coefficient (Wildman–Crippen LogP) is 4.95. The second-order valence-electron chi connectivity index (χ2n) is 9.99. The van der Waals surface area contributed by atoms with Gasteiger partial charge < -0.3 is 18.9 Å². The van der Waals surface area contributed by atoms with E-state index in [1.807, 2.05) is 32.9 Å². The number of ether oxygens (including phenoxy) is 2. The number of benzene rings is 2. The summed E-state index contributed by atoms with van der Waals surface area (Å²) in [5, 5.41) is 0. The molecule has 1 aliphatic rings. The van der Waals surface area contributed by atoms with Crippen LogP contribution in [0.2, 0.25) is 0 Å². The summed E-state index contributed by atoms with van der Waals surface area (Å²) in [5.41, 5.74) is 3.91. The summed E-state index contributed by atoms with van der Waals surface area (Å²) in [5.74, 6) is 1.48. The van der Waals surface area contributed by atoms with Gasteiger partial charge in [-0.1, -0.05) is 36.4 Å². The van der Waals surface area contributed by atoms with Crippen LogP contribution in [0.5, 0.6) is 0 Å². The van der Waals surface area contributed by atoms with E-state index >= 15 is 0 Å². The van der Waals surface area contributed by atoms with Gasteiger partial charge in [-0.05, 0) is 76.4 Å². The molecule has 6 nitrogen and oxygen atoms in total. The van der Waals surface area contributed by atoms with Gasteiger partial charge in [-0.15, -0.1) is 0 Å². The highest BCUT2D eigenvalue weighted by Crippen LogP contribution is 2.31. The van der Waals surface area contributed by atoms with Crippen molar-refractivity contribution < 1.29 is 14.3 Å². The van der Waals surface area contributed by atoms with Crippen LogP contribution < -0.4 is 0 Å². The summed E-state index contributed by atoms with van der Waals surface area (Å²) in [7, 11) is 1.45. The second-order valence-corrected chi connectivity index (χ2v) is 9.99. The maximum Gasteiger partial charge on any atom is 0.315 e. The monoisotopic (exact) mass is 477 g/mol. The number of hydrogen-bond donors (Lipinski definition) is 0. The third-order valence-corrected chi connectivity index (χ3v) is 7.36. The van der Waals surface area contributed by atoms with Gasteiger partial charge in [-0.2, -0.15) is 0 Å². The molecule has 1 saturated heterocycles. The minimum atomic E-state index is -0.642. The van der Waals surface area contributed by atoms with Crippen LogP contribution in [0.3, 0.4) is 0 Å². The summed E-state index contributed by atoms with van der Waals surface area (Å²) < 4.78 is 13.0. The molecular weight excluding hydrogens is 438 g/mol. The summed E-state index contributed by atoms with van der Waals surface area (Å²) in [6.45, 7) is 11.4. The molecule has 0 bridgehead atoms. The highest BCUT2D eigenvalue weighted by molar-refractivity contribution is 5.82. The molecule has 188 valence electrons. The lowest BCUT2D eigenvalue weighted by Gasteiger charge is -2.32. The van der Waals surface area contributed by atoms with Crippen molar-refractivity contribution in [3.8, 4) is 0 Å². The van der Waals surface area contributed by atoms with Crippen molar-refractivity contribution >= 4 is 17.0 Å². The van der Waals surface area contributed by atoms with Gasteiger partial charge >= 0.3 is 5.97 Å². The first kappa shape index (κ1) is 25.4. The molecule has 35 heavy (non-hydrogen) atoms. The van der Waals surface area contributed by atoms with Crippen LogP contribution in [-0.2, 0) is 32.6 Å². The van der Waals surface area contributed by atoms with Gasteiger partial charge in [0.1, 0.15) is 5.82 Å². The van der Waals surface area contributed by atoms with Crippen molar-refractivity contribution in [2.75, 3.05) is 40.0 Å². The van der Waals surface area contributed by atoms with Crippen molar-refractivity contribution in [1.29, 1.82) is 0 Å². The zero-order chi connectivity index (χ0) is 24.8. The van der Waals surface area contributed by atoms with E-state index in [-0.39, 0.29) is 5.97 Å². The van der Waals surface area contributed by atoms with E-state index in [9.17, 15) is 4.79 Å². The SMILES string of the molecule is CCOCCn1c(C2CCN(CCc3cccc(C(C)(C)C(=O)OC)c3)CC2)nc2ccccc21. The maximum atomic E-state index is 12.2. The molecule has 0 saturated carbocycles. The molecular formula is C29H39N3O3. The van der Waals surface area contributed by atoms with Crippen LogP contribution in [0.4, 0.5) is 0 Å². The zero-order valence-corrected chi connectivity index (χ0v) is 21.6. The molecule has 1 aliphatic heterocycles. The van der Waals surface area contributed by atoms with Gasteiger partial charge in [0.05, 0.1) is 30.2 Å². The number of likely N-dealkylation sites (tertiary alicyclic amines) is 1. The molecule has 0 atom stereocenters. The fourth-order valence-corrected chi connectivity index (χ4v) is 5.13. The number of hydrogen-bond acceptors (Lipinski definition) is 5. The molecule has 0 radical (unpaired) electrons. The van der Waals surface area contributed by atoms with E-state index in [2.05, 4.69) is 45.9 Å². The average Bonchev–Trinajstić information content (AvgIpc) is 3.26. The lowest BCUT2D eigenvalue weighted by molar-refractivity contribution is -0.146. The first-order chi connectivity index (χ1) is 16.9. The van der Waals surface area contributed by atoms with Crippen molar-refractivity contribution in [1.82, 2.24) is 14.5 Å². The highest BCUT2D eigenvalue weighted by atomic mass is 16.5. The Morgan fingerprint density at radius 3 is 2.60 bits per heavy atom. The second kappa shape index (κ2) is 11.4. The number of para-hydroxylation sites is 2. The molecule has 3 aromatic rings. The van der Waals surface area contributed by atoms with E-state index in [4.69, 9.17) is 14.5 Å². The van der Waals surface area contributed by atoms with Crippen LogP contribution in [0.1, 0.15) is 56.5 Å². The Labute approximate surface area is 209 Å². The molecule has 0 aliphatic carbocycles. The largest absolute Gasteiger partial charge is 0.468 e. The van der Waals surface area contributed by atoms with Crippen molar-refractivity contribution in [2.24, 2.45) is 0 Å². The van der Waals surface area contributed by atoms with Crippen LogP contribution in [-0.4, -0.2) is 60.4 Å². The first-order valence-corrected chi connectivity index (χ1v) is 12.9. The minimum absolute atomic E-state index is 0.205. The zero-order valence-electron chi connectivity index (χ0n) is 21.6. The van der Waals surface area contributed by atoms with Gasteiger partial charge in [0.15, 0.2) is 0 Å². The molecule has 1 aromatic heterocycles. The summed E-state index contributed by atoms with van der Waals surface area (Å²) >= 11 is 0. The molecule has 0 spiro atoms. The predicted molar refractivity (Wildman–Crippen MR) is 140 cm³/mol. The molecule has 1 fully saturated rings. The Morgan fingerprint density at radius 1 is 1.09 bits per heavy atom. The van der Waals surface area contributed by atoms with Gasteiger partial charge in [-0.3, -0.25) is 4.79 Å². The number of rotatable bonds is 10. The quantitative estimate of drug-likeness (QED) is 0.306. The Balaban J connectivity index is 1.37. The van der Waals surface area contributed by atoms with Crippen LogP contribution in [0, 0.1) is 0 Å². The van der Waals surface area contributed by atoms with E-state index < -0.39 is 5.41 Å². The summed E-state index contributed by atoms with van der Waals surface area (Å²) in [4.78, 5) is 19.8. The number of methoxy groups -OCH3 is 1. The summed E-state index contributed by atoms with van der Waals surface area (Å²) in [6.07, 6.45) is 3.21. The normalized spacial score (nSPS) is 15.5. The van der Waals surface area contributed by atoms with Crippen molar-refractivity contribution in [3.63, 3.8) is 0 Å². The minimum Gasteiger partial charge on any atom is -0.468 e. The van der Waals surface area contributed by atoms with E-state index in [1.165, 1.54) is 24.0 Å². The van der Waals surface area contributed by atoms with Crippen LogP contribution in [0.15, 0.2) is 48.5 Å². The lowest BCUT2D eigenvalue weighted by Crippen LogP contribution is -2.35. The number of esters is 1. The topological polar surface area (TPSA) is 56.6 Å². The standard InChI is InChI=1S/C29H39N3O3/c1-5-35-20-19-32-26-12-7-6-11-25(26)30-27(32)23-14-17-31(18-15-23)16-13-22-9-8-10-24(21-22)29(2,3)28(33)34-4/h6-12,21,23H,5,13-20H2,1-4H3. The molecule has 2 heterocycles. The highest BCUT2D eigenvalue weighted by Gasteiger charge is 2.31. The van der Waals surface area contributed by atoms with Gasteiger partial charge in [0.25, 0.3) is 0 Å². The number of piperidine rings is 1. The maximum absolute atomic E-state index is 12.2. The number of carbonyl (C=O) groups is 1. The smallest absolute Gasteiger partial charge is 0.315 e. The molecule has 4 rings (SSSR count). The third kappa shape index (κ3) is 5.76. The van der Waals surface area contributed by atoms with Crippen molar-refractivity contribution in [3.05, 3.63) is 65.5 Å². The number of aromatic nitrogens is 2. The average molecular weight is 478 g/mol. The van der Waals surface area contributed by atoms with Gasteiger partial charge in [0.2, 0.25) is 0 Å². The number of nitrogens with zero attached hydrogens (tertiary/aromatic N) is 3. The molecule has 0 N–H and O–H groups in total. The molecule has 0 amide bonds.